The highest BCUT2D eigenvalue weighted by Gasteiger charge is 2.24. The number of thiophene rings is 1. The number of rotatable bonds is 4. The molecular formula is C16H22N4OS. The predicted octanol–water partition coefficient (Wildman–Crippen LogP) is 2.57. The van der Waals surface area contributed by atoms with Gasteiger partial charge in [0.25, 0.3) is 0 Å². The fraction of sp³-hybridized carbons (Fsp3) is 0.500. The first-order chi connectivity index (χ1) is 10.6. The highest BCUT2D eigenvalue weighted by Crippen LogP contribution is 2.37. The van der Waals surface area contributed by atoms with Gasteiger partial charge in [-0.05, 0) is 50.8 Å². The SMILES string of the molecule is CNC(C(=O)Nc1sc2c(c1C)CCCC2)c1cnn(C)c1. The lowest BCUT2D eigenvalue weighted by Gasteiger charge is -2.14. The van der Waals surface area contributed by atoms with E-state index in [1.165, 1.54) is 28.8 Å². The number of aryl methyl sites for hydroxylation is 2. The zero-order valence-corrected chi connectivity index (χ0v) is 14.1. The highest BCUT2D eigenvalue weighted by atomic mass is 32.1. The molecule has 1 amide bonds. The molecule has 118 valence electrons. The number of nitrogens with one attached hydrogen (secondary N) is 2. The summed E-state index contributed by atoms with van der Waals surface area (Å²) >= 11 is 1.74. The van der Waals surface area contributed by atoms with Crippen LogP contribution in [0.1, 0.15) is 40.5 Å². The van der Waals surface area contributed by atoms with E-state index >= 15 is 0 Å². The molecule has 3 rings (SSSR count). The van der Waals surface area contributed by atoms with Crippen molar-refractivity contribution in [1.82, 2.24) is 15.1 Å². The summed E-state index contributed by atoms with van der Waals surface area (Å²) in [6.45, 7) is 2.12. The Morgan fingerprint density at radius 1 is 1.41 bits per heavy atom. The molecule has 2 aromatic heterocycles. The number of fused-ring (bicyclic) bond motifs is 1. The number of anilines is 1. The molecule has 1 aliphatic rings. The molecule has 2 aromatic rings. The minimum Gasteiger partial charge on any atom is -0.316 e. The summed E-state index contributed by atoms with van der Waals surface area (Å²) in [6.07, 6.45) is 8.41. The maximum Gasteiger partial charge on any atom is 0.246 e. The Morgan fingerprint density at radius 2 is 2.18 bits per heavy atom. The van der Waals surface area contributed by atoms with E-state index in [2.05, 4.69) is 22.7 Å². The summed E-state index contributed by atoms with van der Waals surface area (Å²) in [7, 11) is 3.65. The van der Waals surface area contributed by atoms with Gasteiger partial charge in [-0.2, -0.15) is 5.10 Å². The molecule has 6 heteroatoms. The van der Waals surface area contributed by atoms with Crippen LogP contribution in [0.4, 0.5) is 5.00 Å². The third-order valence-electron chi connectivity index (χ3n) is 4.28. The number of hydrogen-bond donors (Lipinski definition) is 2. The molecule has 0 aliphatic heterocycles. The Labute approximate surface area is 134 Å². The fourth-order valence-corrected chi connectivity index (χ4v) is 4.36. The second-order valence-electron chi connectivity index (χ2n) is 5.82. The first-order valence-electron chi connectivity index (χ1n) is 7.68. The van der Waals surface area contributed by atoms with Crippen molar-refractivity contribution in [3.8, 4) is 0 Å². The number of carbonyl (C=O) groups is 1. The molecule has 0 saturated heterocycles. The lowest BCUT2D eigenvalue weighted by atomic mass is 9.96. The van der Waals surface area contributed by atoms with E-state index in [-0.39, 0.29) is 11.9 Å². The quantitative estimate of drug-likeness (QED) is 0.911. The van der Waals surface area contributed by atoms with Crippen molar-refractivity contribution in [3.05, 3.63) is 34.0 Å². The third kappa shape index (κ3) is 2.80. The maximum absolute atomic E-state index is 12.6. The van der Waals surface area contributed by atoms with Crippen molar-refractivity contribution in [2.24, 2.45) is 7.05 Å². The predicted molar refractivity (Wildman–Crippen MR) is 89.3 cm³/mol. The number of hydrogen-bond acceptors (Lipinski definition) is 4. The molecule has 1 atom stereocenters. The molecule has 0 fully saturated rings. The van der Waals surface area contributed by atoms with E-state index in [9.17, 15) is 4.79 Å². The van der Waals surface area contributed by atoms with Gasteiger partial charge in [0.15, 0.2) is 0 Å². The van der Waals surface area contributed by atoms with Crippen LogP contribution in [0, 0.1) is 6.92 Å². The van der Waals surface area contributed by atoms with Crippen LogP contribution in [0.5, 0.6) is 0 Å². The number of carbonyl (C=O) groups excluding carboxylic acids is 1. The van der Waals surface area contributed by atoms with Crippen molar-refractivity contribution in [1.29, 1.82) is 0 Å². The van der Waals surface area contributed by atoms with Gasteiger partial charge in [0.1, 0.15) is 6.04 Å². The second kappa shape index (κ2) is 6.22. The van der Waals surface area contributed by atoms with Crippen LogP contribution in [-0.4, -0.2) is 22.7 Å². The lowest BCUT2D eigenvalue weighted by Crippen LogP contribution is -2.30. The monoisotopic (exact) mass is 318 g/mol. The molecule has 0 bridgehead atoms. The van der Waals surface area contributed by atoms with Crippen molar-refractivity contribution in [3.63, 3.8) is 0 Å². The van der Waals surface area contributed by atoms with Gasteiger partial charge in [-0.3, -0.25) is 9.48 Å². The van der Waals surface area contributed by atoms with Crippen molar-refractivity contribution >= 4 is 22.2 Å². The number of nitrogens with zero attached hydrogens (tertiary/aromatic N) is 2. The highest BCUT2D eigenvalue weighted by molar-refractivity contribution is 7.16. The van der Waals surface area contributed by atoms with Crippen LogP contribution >= 0.6 is 11.3 Å². The largest absolute Gasteiger partial charge is 0.316 e. The van der Waals surface area contributed by atoms with Gasteiger partial charge in [0, 0.05) is 23.7 Å². The molecule has 0 aromatic carbocycles. The molecule has 0 radical (unpaired) electrons. The Bertz CT molecular complexity index is 688. The first-order valence-corrected chi connectivity index (χ1v) is 8.49. The van der Waals surface area contributed by atoms with Crippen LogP contribution in [0.3, 0.4) is 0 Å². The van der Waals surface area contributed by atoms with Crippen molar-refractivity contribution in [2.75, 3.05) is 12.4 Å². The minimum atomic E-state index is -0.382. The standard InChI is InChI=1S/C16H22N4OS/c1-10-12-6-4-5-7-13(12)22-16(10)19-15(21)14(17-2)11-8-18-20(3)9-11/h8-9,14,17H,4-7H2,1-3H3,(H,19,21). The molecule has 2 N–H and O–H groups in total. The molecule has 5 nitrogen and oxygen atoms in total. The third-order valence-corrected chi connectivity index (χ3v) is 5.59. The fourth-order valence-electron chi connectivity index (χ4n) is 3.07. The zero-order valence-electron chi connectivity index (χ0n) is 13.3. The summed E-state index contributed by atoms with van der Waals surface area (Å²) in [5.74, 6) is -0.0304. The summed E-state index contributed by atoms with van der Waals surface area (Å²) in [6, 6.07) is -0.382. The van der Waals surface area contributed by atoms with Gasteiger partial charge in [-0.15, -0.1) is 11.3 Å². The smallest absolute Gasteiger partial charge is 0.246 e. The topological polar surface area (TPSA) is 59.0 Å². The summed E-state index contributed by atoms with van der Waals surface area (Å²) in [5.41, 5.74) is 3.57. The molecule has 0 spiro atoms. The van der Waals surface area contributed by atoms with Crippen LogP contribution in [0.25, 0.3) is 0 Å². The van der Waals surface area contributed by atoms with Crippen LogP contribution in [-0.2, 0) is 24.7 Å². The van der Waals surface area contributed by atoms with Crippen molar-refractivity contribution < 1.29 is 4.79 Å². The van der Waals surface area contributed by atoms with Gasteiger partial charge in [-0.25, -0.2) is 0 Å². The van der Waals surface area contributed by atoms with Crippen LogP contribution in [0.2, 0.25) is 0 Å². The Morgan fingerprint density at radius 3 is 2.82 bits per heavy atom. The molecule has 1 aliphatic carbocycles. The number of aromatic nitrogens is 2. The lowest BCUT2D eigenvalue weighted by molar-refractivity contribution is -0.118. The van der Waals surface area contributed by atoms with Gasteiger partial charge in [0.2, 0.25) is 5.91 Å². The van der Waals surface area contributed by atoms with Crippen LogP contribution < -0.4 is 10.6 Å². The summed E-state index contributed by atoms with van der Waals surface area (Å²) in [4.78, 5) is 14.1. The second-order valence-corrected chi connectivity index (χ2v) is 6.93. The summed E-state index contributed by atoms with van der Waals surface area (Å²) in [5, 5.41) is 11.3. The zero-order chi connectivity index (χ0) is 15.7. The Balaban J connectivity index is 1.80. The average Bonchev–Trinajstić information content (AvgIpc) is 3.05. The number of likely N-dealkylation sites (N-methyl/N-ethyl adjacent to an activating group) is 1. The molecule has 22 heavy (non-hydrogen) atoms. The van der Waals surface area contributed by atoms with E-state index < -0.39 is 0 Å². The Hall–Kier alpha value is -1.66. The first kappa shape index (κ1) is 15.2. The van der Waals surface area contributed by atoms with Crippen molar-refractivity contribution in [2.45, 2.75) is 38.6 Å². The Kier molecular flexibility index (Phi) is 4.31. The molecular weight excluding hydrogens is 296 g/mol. The van der Waals surface area contributed by atoms with E-state index in [1.54, 1.807) is 29.3 Å². The molecule has 1 unspecified atom stereocenters. The van der Waals surface area contributed by atoms with Gasteiger partial charge in [0.05, 0.1) is 11.2 Å². The van der Waals surface area contributed by atoms with Gasteiger partial charge >= 0.3 is 0 Å². The van der Waals surface area contributed by atoms with Gasteiger partial charge < -0.3 is 10.6 Å². The normalized spacial score (nSPS) is 15.4. The number of amides is 1. The maximum atomic E-state index is 12.6. The minimum absolute atomic E-state index is 0.0304. The van der Waals surface area contributed by atoms with E-state index in [0.29, 0.717) is 0 Å². The summed E-state index contributed by atoms with van der Waals surface area (Å²) < 4.78 is 1.71. The van der Waals surface area contributed by atoms with Gasteiger partial charge in [-0.1, -0.05) is 0 Å². The van der Waals surface area contributed by atoms with E-state index in [4.69, 9.17) is 0 Å². The van der Waals surface area contributed by atoms with Crippen LogP contribution in [0.15, 0.2) is 12.4 Å². The average molecular weight is 318 g/mol. The van der Waals surface area contributed by atoms with E-state index in [0.717, 1.165) is 23.4 Å². The molecule has 2 heterocycles. The van der Waals surface area contributed by atoms with E-state index in [1.807, 2.05) is 13.2 Å². The molecule has 0 saturated carbocycles.